The smallest absolute Gasteiger partial charge is 0.285 e. The van der Waals surface area contributed by atoms with Crippen molar-refractivity contribution in [1.29, 1.82) is 0 Å². The molecule has 0 aromatic heterocycles. The molecule has 2 amide bonds. The van der Waals surface area contributed by atoms with Gasteiger partial charge in [0.1, 0.15) is 18.2 Å². The number of nitrogens with zero attached hydrogens (tertiary/aromatic N) is 1. The maximum absolute atomic E-state index is 13.0. The zero-order valence-corrected chi connectivity index (χ0v) is 17.4. The van der Waals surface area contributed by atoms with E-state index in [0.717, 1.165) is 22.2 Å². The van der Waals surface area contributed by atoms with Gasteiger partial charge >= 0.3 is 0 Å². The Balaban J connectivity index is 1.65. The summed E-state index contributed by atoms with van der Waals surface area (Å²) in [6.07, 6.45) is 0. The number of benzene rings is 3. The number of rotatable bonds is 6. The van der Waals surface area contributed by atoms with Crippen LogP contribution in [-0.2, 0) is 6.61 Å². The Morgan fingerprint density at radius 2 is 1.63 bits per heavy atom. The fourth-order valence-electron chi connectivity index (χ4n) is 2.52. The van der Waals surface area contributed by atoms with Gasteiger partial charge < -0.3 is 15.0 Å². The highest BCUT2D eigenvalue weighted by Crippen LogP contribution is 2.24. The van der Waals surface area contributed by atoms with Gasteiger partial charge in [0, 0.05) is 24.7 Å². The number of para-hydroxylation sites is 1. The van der Waals surface area contributed by atoms with Crippen molar-refractivity contribution in [1.82, 2.24) is 4.90 Å². The fraction of sp³-hybridized carbons (Fsp3) is 0.130. The molecule has 0 aliphatic heterocycles. The van der Waals surface area contributed by atoms with E-state index < -0.39 is 0 Å². The summed E-state index contributed by atoms with van der Waals surface area (Å²) in [6.45, 7) is 0.219. The van der Waals surface area contributed by atoms with Gasteiger partial charge in [-0.15, -0.1) is 0 Å². The van der Waals surface area contributed by atoms with Gasteiger partial charge in [-0.05, 0) is 65.9 Å². The molecule has 154 valence electrons. The third-order valence-corrected chi connectivity index (χ3v) is 5.17. The Morgan fingerprint density at radius 1 is 0.967 bits per heavy atom. The van der Waals surface area contributed by atoms with E-state index in [9.17, 15) is 14.0 Å². The summed E-state index contributed by atoms with van der Waals surface area (Å²) in [5.74, 6) is -0.188. The normalized spacial score (nSPS) is 10.4. The zero-order chi connectivity index (χ0) is 21.5. The van der Waals surface area contributed by atoms with Crippen LogP contribution in [0.25, 0.3) is 0 Å². The molecule has 0 radical (unpaired) electrons. The van der Waals surface area contributed by atoms with Crippen LogP contribution in [0.4, 0.5) is 14.9 Å². The first-order valence-corrected chi connectivity index (χ1v) is 10.0. The summed E-state index contributed by atoms with van der Waals surface area (Å²) < 4.78 is 18.8. The van der Waals surface area contributed by atoms with Gasteiger partial charge in [0.25, 0.3) is 11.1 Å². The van der Waals surface area contributed by atoms with E-state index in [4.69, 9.17) is 4.74 Å². The molecule has 0 aliphatic rings. The minimum absolute atomic E-state index is 0.0704. The van der Waals surface area contributed by atoms with Crippen LogP contribution in [0.1, 0.15) is 15.9 Å². The summed E-state index contributed by atoms with van der Waals surface area (Å²) in [5.41, 5.74) is 1.79. The fourth-order valence-corrected chi connectivity index (χ4v) is 3.18. The lowest BCUT2D eigenvalue weighted by atomic mass is 10.1. The highest BCUT2D eigenvalue weighted by molar-refractivity contribution is 8.13. The van der Waals surface area contributed by atoms with Crippen molar-refractivity contribution in [2.45, 2.75) is 11.5 Å². The lowest BCUT2D eigenvalue weighted by Gasteiger charge is -2.12. The molecule has 0 atom stereocenters. The van der Waals surface area contributed by atoms with Crippen molar-refractivity contribution in [3.63, 3.8) is 0 Å². The van der Waals surface area contributed by atoms with Crippen LogP contribution in [0.15, 0.2) is 77.7 Å². The highest BCUT2D eigenvalue weighted by Gasteiger charge is 2.13. The summed E-state index contributed by atoms with van der Waals surface area (Å²) >= 11 is 1.11. The standard InChI is InChI=1S/C23H21FN2O3S/c1-26(2)23(28)30-19-13-11-18(12-14-19)25-22(27)20-5-3-4-6-21(20)29-15-16-7-9-17(24)10-8-16/h3-14H,15H2,1-2H3,(H,25,27). The molecule has 1 N–H and O–H groups in total. The average Bonchev–Trinajstić information content (AvgIpc) is 2.75. The molecule has 3 rings (SSSR count). The Kier molecular flexibility index (Phi) is 7.08. The first kappa shape index (κ1) is 21.4. The van der Waals surface area contributed by atoms with E-state index in [1.54, 1.807) is 74.8 Å². The van der Waals surface area contributed by atoms with Gasteiger partial charge in [-0.2, -0.15) is 0 Å². The van der Waals surface area contributed by atoms with Gasteiger partial charge in [0.2, 0.25) is 0 Å². The topological polar surface area (TPSA) is 58.6 Å². The maximum Gasteiger partial charge on any atom is 0.285 e. The number of carbonyl (C=O) groups excluding carboxylic acids is 2. The Hall–Kier alpha value is -3.32. The Morgan fingerprint density at radius 3 is 2.30 bits per heavy atom. The van der Waals surface area contributed by atoms with Crippen LogP contribution < -0.4 is 10.1 Å². The molecule has 30 heavy (non-hydrogen) atoms. The molecule has 0 aliphatic carbocycles. The van der Waals surface area contributed by atoms with Crippen molar-refractivity contribution in [3.8, 4) is 5.75 Å². The van der Waals surface area contributed by atoms with Gasteiger partial charge in [-0.25, -0.2) is 4.39 Å². The zero-order valence-electron chi connectivity index (χ0n) is 16.6. The summed E-state index contributed by atoms with van der Waals surface area (Å²) in [5, 5.41) is 2.76. The lowest BCUT2D eigenvalue weighted by Crippen LogP contribution is -2.16. The number of ether oxygens (including phenoxy) is 1. The van der Waals surface area contributed by atoms with E-state index in [2.05, 4.69) is 5.32 Å². The second kappa shape index (κ2) is 9.93. The average molecular weight is 424 g/mol. The predicted octanol–water partition coefficient (Wildman–Crippen LogP) is 5.43. The quantitative estimate of drug-likeness (QED) is 0.536. The number of carbonyl (C=O) groups is 2. The van der Waals surface area contributed by atoms with E-state index in [-0.39, 0.29) is 23.6 Å². The van der Waals surface area contributed by atoms with E-state index in [1.807, 2.05) is 0 Å². The third kappa shape index (κ3) is 5.84. The molecular formula is C23H21FN2O3S. The van der Waals surface area contributed by atoms with Gasteiger partial charge in [0.15, 0.2) is 0 Å². The second-order valence-corrected chi connectivity index (χ2v) is 7.68. The molecule has 5 nitrogen and oxygen atoms in total. The number of amides is 2. The van der Waals surface area contributed by atoms with Crippen molar-refractivity contribution in [2.75, 3.05) is 19.4 Å². The van der Waals surface area contributed by atoms with Crippen LogP contribution >= 0.6 is 11.8 Å². The molecule has 3 aromatic rings. The number of hydrogen-bond acceptors (Lipinski definition) is 4. The SMILES string of the molecule is CN(C)C(=O)Sc1ccc(NC(=O)c2ccccc2OCc2ccc(F)cc2)cc1. The molecular weight excluding hydrogens is 403 g/mol. The molecule has 0 fully saturated rings. The first-order chi connectivity index (χ1) is 14.4. The Labute approximate surface area is 178 Å². The minimum atomic E-state index is -0.311. The third-order valence-electron chi connectivity index (χ3n) is 4.12. The molecule has 3 aromatic carbocycles. The van der Waals surface area contributed by atoms with E-state index in [1.165, 1.54) is 17.0 Å². The molecule has 0 spiro atoms. The van der Waals surface area contributed by atoms with Crippen molar-refractivity contribution < 1.29 is 18.7 Å². The summed E-state index contributed by atoms with van der Waals surface area (Å²) in [6, 6.07) is 20.0. The van der Waals surface area contributed by atoms with Gasteiger partial charge in [-0.3, -0.25) is 9.59 Å². The van der Waals surface area contributed by atoms with Crippen molar-refractivity contribution in [3.05, 3.63) is 89.7 Å². The van der Waals surface area contributed by atoms with Gasteiger partial charge in [0.05, 0.1) is 5.56 Å². The van der Waals surface area contributed by atoms with Crippen LogP contribution in [0, 0.1) is 5.82 Å². The predicted molar refractivity (Wildman–Crippen MR) is 117 cm³/mol. The minimum Gasteiger partial charge on any atom is -0.488 e. The molecule has 7 heteroatoms. The largest absolute Gasteiger partial charge is 0.488 e. The van der Waals surface area contributed by atoms with Crippen molar-refractivity contribution >= 4 is 28.6 Å². The van der Waals surface area contributed by atoms with E-state index in [0.29, 0.717) is 17.0 Å². The van der Waals surface area contributed by atoms with Gasteiger partial charge in [-0.1, -0.05) is 24.3 Å². The van der Waals surface area contributed by atoms with Crippen LogP contribution in [0.3, 0.4) is 0 Å². The molecule has 0 bridgehead atoms. The Bertz CT molecular complexity index is 1020. The number of anilines is 1. The lowest BCUT2D eigenvalue weighted by molar-refractivity contribution is 0.102. The van der Waals surface area contributed by atoms with Crippen LogP contribution in [0.2, 0.25) is 0 Å². The number of halogens is 1. The van der Waals surface area contributed by atoms with Crippen LogP contribution in [0.5, 0.6) is 5.75 Å². The first-order valence-electron chi connectivity index (χ1n) is 9.19. The van der Waals surface area contributed by atoms with Crippen molar-refractivity contribution in [2.24, 2.45) is 0 Å². The second-order valence-electron chi connectivity index (χ2n) is 6.65. The summed E-state index contributed by atoms with van der Waals surface area (Å²) in [4.78, 5) is 26.8. The summed E-state index contributed by atoms with van der Waals surface area (Å²) in [7, 11) is 3.39. The number of nitrogens with one attached hydrogen (secondary N) is 1. The monoisotopic (exact) mass is 424 g/mol. The van der Waals surface area contributed by atoms with Crippen LogP contribution in [-0.4, -0.2) is 30.1 Å². The van der Waals surface area contributed by atoms with E-state index >= 15 is 0 Å². The molecule has 0 heterocycles. The maximum atomic E-state index is 13.0. The number of thioether (sulfide) groups is 1. The number of hydrogen-bond donors (Lipinski definition) is 1. The molecule has 0 saturated carbocycles. The molecule has 0 unspecified atom stereocenters. The molecule has 0 saturated heterocycles. The highest BCUT2D eigenvalue weighted by atomic mass is 32.2.